The van der Waals surface area contributed by atoms with E-state index in [1.165, 1.54) is 12.8 Å². The Balaban J connectivity index is 1.88. The molecule has 2 heterocycles. The lowest BCUT2D eigenvalue weighted by molar-refractivity contribution is 0.0762. The first-order valence-electron chi connectivity index (χ1n) is 6.98. The molecule has 3 rings (SSSR count). The average molecular weight is 254 g/mol. The van der Waals surface area contributed by atoms with Gasteiger partial charge in [0.25, 0.3) is 5.91 Å². The molecule has 1 amide bonds. The summed E-state index contributed by atoms with van der Waals surface area (Å²) in [6.07, 6.45) is 8.34. The number of benzene rings is 1. The van der Waals surface area contributed by atoms with Crippen LogP contribution in [0.3, 0.4) is 0 Å². The number of aromatic nitrogens is 1. The van der Waals surface area contributed by atoms with Crippen molar-refractivity contribution in [2.45, 2.75) is 25.7 Å². The first-order chi connectivity index (χ1) is 9.34. The summed E-state index contributed by atoms with van der Waals surface area (Å²) in [5.41, 5.74) is 0.792. The van der Waals surface area contributed by atoms with Crippen LogP contribution in [0, 0.1) is 0 Å². The van der Waals surface area contributed by atoms with Crippen LogP contribution in [0.5, 0.6) is 0 Å². The summed E-state index contributed by atoms with van der Waals surface area (Å²) in [6, 6.07) is 7.82. The van der Waals surface area contributed by atoms with E-state index in [0.717, 1.165) is 42.3 Å². The molecule has 1 aromatic heterocycles. The standard InChI is InChI=1S/C16H18N2O/c19-16(18-9-3-1-2-4-10-18)14-5-6-15-12-17-8-7-13(15)11-14/h5-8,11-12H,1-4,9-10H2. The second kappa shape index (κ2) is 5.39. The van der Waals surface area contributed by atoms with Crippen molar-refractivity contribution in [2.24, 2.45) is 0 Å². The molecule has 0 aliphatic carbocycles. The van der Waals surface area contributed by atoms with Gasteiger partial charge < -0.3 is 4.90 Å². The molecule has 19 heavy (non-hydrogen) atoms. The van der Waals surface area contributed by atoms with Crippen molar-refractivity contribution >= 4 is 16.7 Å². The van der Waals surface area contributed by atoms with Crippen molar-refractivity contribution in [3.8, 4) is 0 Å². The van der Waals surface area contributed by atoms with Gasteiger partial charge in [-0.15, -0.1) is 0 Å². The maximum absolute atomic E-state index is 12.5. The number of fused-ring (bicyclic) bond motifs is 1. The number of hydrogen-bond acceptors (Lipinski definition) is 2. The molecule has 0 unspecified atom stereocenters. The third kappa shape index (κ3) is 2.60. The summed E-state index contributed by atoms with van der Waals surface area (Å²) in [5, 5.41) is 2.16. The molecular weight excluding hydrogens is 236 g/mol. The van der Waals surface area contributed by atoms with E-state index in [9.17, 15) is 4.79 Å². The third-order valence-electron chi connectivity index (χ3n) is 3.78. The smallest absolute Gasteiger partial charge is 0.253 e. The van der Waals surface area contributed by atoms with Crippen LogP contribution in [-0.4, -0.2) is 28.9 Å². The van der Waals surface area contributed by atoms with Crippen LogP contribution in [0.25, 0.3) is 10.8 Å². The molecule has 1 aliphatic heterocycles. The minimum atomic E-state index is 0.167. The number of hydrogen-bond donors (Lipinski definition) is 0. The summed E-state index contributed by atoms with van der Waals surface area (Å²) in [6.45, 7) is 1.79. The SMILES string of the molecule is O=C(c1ccc2cnccc2c1)N1CCCCCC1. The number of pyridine rings is 1. The largest absolute Gasteiger partial charge is 0.339 e. The molecule has 0 radical (unpaired) electrons. The third-order valence-corrected chi connectivity index (χ3v) is 3.78. The van der Waals surface area contributed by atoms with Crippen LogP contribution in [-0.2, 0) is 0 Å². The van der Waals surface area contributed by atoms with Gasteiger partial charge in [0.1, 0.15) is 0 Å². The normalized spacial score (nSPS) is 16.3. The summed E-state index contributed by atoms with van der Waals surface area (Å²) in [7, 11) is 0. The van der Waals surface area contributed by atoms with Gasteiger partial charge >= 0.3 is 0 Å². The molecule has 0 spiro atoms. The highest BCUT2D eigenvalue weighted by atomic mass is 16.2. The Morgan fingerprint density at radius 1 is 1.00 bits per heavy atom. The van der Waals surface area contributed by atoms with Gasteiger partial charge in [-0.1, -0.05) is 18.9 Å². The summed E-state index contributed by atoms with van der Waals surface area (Å²) >= 11 is 0. The quantitative estimate of drug-likeness (QED) is 0.782. The first-order valence-corrected chi connectivity index (χ1v) is 6.98. The van der Waals surface area contributed by atoms with Crippen LogP contribution < -0.4 is 0 Å². The van der Waals surface area contributed by atoms with E-state index in [1.807, 2.05) is 35.4 Å². The van der Waals surface area contributed by atoms with E-state index < -0.39 is 0 Å². The fourth-order valence-corrected chi connectivity index (χ4v) is 2.67. The number of amides is 1. The highest BCUT2D eigenvalue weighted by molar-refractivity contribution is 5.98. The average Bonchev–Trinajstić information content (AvgIpc) is 2.75. The molecule has 0 N–H and O–H groups in total. The fraction of sp³-hybridized carbons (Fsp3) is 0.375. The Morgan fingerprint density at radius 3 is 2.58 bits per heavy atom. The molecule has 1 aromatic carbocycles. The van der Waals surface area contributed by atoms with Crippen LogP contribution in [0.2, 0.25) is 0 Å². The molecule has 1 saturated heterocycles. The lowest BCUT2D eigenvalue weighted by Crippen LogP contribution is -2.31. The number of likely N-dealkylation sites (tertiary alicyclic amines) is 1. The maximum atomic E-state index is 12.5. The van der Waals surface area contributed by atoms with E-state index in [2.05, 4.69) is 4.98 Å². The van der Waals surface area contributed by atoms with Gasteiger partial charge in [-0.2, -0.15) is 0 Å². The van der Waals surface area contributed by atoms with E-state index >= 15 is 0 Å². The Labute approximate surface area is 113 Å². The highest BCUT2D eigenvalue weighted by Crippen LogP contribution is 2.18. The topological polar surface area (TPSA) is 33.2 Å². The zero-order valence-electron chi connectivity index (χ0n) is 11.0. The van der Waals surface area contributed by atoms with E-state index in [0.29, 0.717) is 0 Å². The molecule has 1 aliphatic rings. The first kappa shape index (κ1) is 12.2. The van der Waals surface area contributed by atoms with Crippen molar-refractivity contribution in [3.63, 3.8) is 0 Å². The van der Waals surface area contributed by atoms with E-state index in [1.54, 1.807) is 6.20 Å². The van der Waals surface area contributed by atoms with Gasteiger partial charge in [0.15, 0.2) is 0 Å². The second-order valence-corrected chi connectivity index (χ2v) is 5.14. The van der Waals surface area contributed by atoms with Gasteiger partial charge in [0.2, 0.25) is 0 Å². The maximum Gasteiger partial charge on any atom is 0.253 e. The molecule has 2 aromatic rings. The Hall–Kier alpha value is -1.90. The van der Waals surface area contributed by atoms with Crippen LogP contribution in [0.1, 0.15) is 36.0 Å². The number of nitrogens with zero attached hydrogens (tertiary/aromatic N) is 2. The summed E-state index contributed by atoms with van der Waals surface area (Å²) < 4.78 is 0. The minimum absolute atomic E-state index is 0.167. The van der Waals surface area contributed by atoms with Crippen LogP contribution >= 0.6 is 0 Å². The van der Waals surface area contributed by atoms with Crippen molar-refractivity contribution in [1.82, 2.24) is 9.88 Å². The molecule has 0 bridgehead atoms. The van der Waals surface area contributed by atoms with Gasteiger partial charge in [0.05, 0.1) is 0 Å². The molecule has 3 nitrogen and oxygen atoms in total. The molecule has 0 saturated carbocycles. The zero-order valence-corrected chi connectivity index (χ0v) is 11.0. The minimum Gasteiger partial charge on any atom is -0.339 e. The molecule has 3 heteroatoms. The van der Waals surface area contributed by atoms with Crippen molar-refractivity contribution < 1.29 is 4.79 Å². The van der Waals surface area contributed by atoms with Crippen molar-refractivity contribution in [2.75, 3.05) is 13.1 Å². The monoisotopic (exact) mass is 254 g/mol. The van der Waals surface area contributed by atoms with Crippen molar-refractivity contribution in [3.05, 3.63) is 42.2 Å². The second-order valence-electron chi connectivity index (χ2n) is 5.14. The van der Waals surface area contributed by atoms with Crippen LogP contribution in [0.15, 0.2) is 36.7 Å². The predicted octanol–water partition coefficient (Wildman–Crippen LogP) is 3.25. The summed E-state index contributed by atoms with van der Waals surface area (Å²) in [5.74, 6) is 0.167. The van der Waals surface area contributed by atoms with E-state index in [4.69, 9.17) is 0 Å². The Bertz CT molecular complexity index is 586. The van der Waals surface area contributed by atoms with Crippen LogP contribution in [0.4, 0.5) is 0 Å². The molecule has 0 atom stereocenters. The molecule has 98 valence electrons. The molecular formula is C16H18N2O. The lowest BCUT2D eigenvalue weighted by atomic mass is 10.1. The lowest BCUT2D eigenvalue weighted by Gasteiger charge is -2.20. The number of carbonyl (C=O) groups is 1. The summed E-state index contributed by atoms with van der Waals surface area (Å²) in [4.78, 5) is 18.6. The van der Waals surface area contributed by atoms with Gasteiger partial charge in [-0.3, -0.25) is 9.78 Å². The van der Waals surface area contributed by atoms with Gasteiger partial charge in [-0.25, -0.2) is 0 Å². The number of rotatable bonds is 1. The van der Waals surface area contributed by atoms with Gasteiger partial charge in [-0.05, 0) is 36.4 Å². The van der Waals surface area contributed by atoms with Gasteiger partial charge in [0, 0.05) is 36.4 Å². The van der Waals surface area contributed by atoms with E-state index in [-0.39, 0.29) is 5.91 Å². The fourth-order valence-electron chi connectivity index (χ4n) is 2.67. The van der Waals surface area contributed by atoms with Crippen molar-refractivity contribution in [1.29, 1.82) is 0 Å². The highest BCUT2D eigenvalue weighted by Gasteiger charge is 2.17. The predicted molar refractivity (Wildman–Crippen MR) is 76.1 cm³/mol. The number of carbonyl (C=O) groups excluding carboxylic acids is 1. The zero-order chi connectivity index (χ0) is 13.1. The molecule has 1 fully saturated rings. The Kier molecular flexibility index (Phi) is 3.45. The Morgan fingerprint density at radius 2 is 1.79 bits per heavy atom.